The third-order valence-electron chi connectivity index (χ3n) is 4.21. The zero-order chi connectivity index (χ0) is 17.3. The molecule has 5 heterocycles. The van der Waals surface area contributed by atoms with E-state index in [0.29, 0.717) is 12.2 Å². The van der Waals surface area contributed by atoms with Gasteiger partial charge in [0.05, 0.1) is 0 Å². The Morgan fingerprint density at radius 2 is 2.08 bits per heavy atom. The highest BCUT2D eigenvalue weighted by Crippen LogP contribution is 2.30. The Hall–Kier alpha value is -3.81. The van der Waals surface area contributed by atoms with Crippen molar-refractivity contribution >= 4 is 28.0 Å². The number of anilines is 1. The Morgan fingerprint density at radius 1 is 1.08 bits per heavy atom. The highest BCUT2D eigenvalue weighted by molar-refractivity contribution is 5.95. The summed E-state index contributed by atoms with van der Waals surface area (Å²) in [5, 5.41) is 15.1. The minimum Gasteiger partial charge on any atom is -0.366 e. The SMILES string of the molecule is c1cncc(CNc2cc(-c3cnc4n[nH]nc4c3)c3cc[nH]c3n2)c1. The van der Waals surface area contributed by atoms with Gasteiger partial charge in [-0.15, -0.1) is 5.10 Å². The average molecular weight is 342 g/mol. The molecule has 126 valence electrons. The topological polar surface area (TPSA) is 108 Å². The molecule has 0 spiro atoms. The number of rotatable bonds is 4. The van der Waals surface area contributed by atoms with Gasteiger partial charge < -0.3 is 10.3 Å². The predicted octanol–water partition coefficient (Wildman–Crippen LogP) is 2.90. The molecule has 0 amide bonds. The second-order valence-corrected chi connectivity index (χ2v) is 5.90. The first-order chi connectivity index (χ1) is 12.9. The van der Waals surface area contributed by atoms with Crippen LogP contribution in [0.3, 0.4) is 0 Å². The van der Waals surface area contributed by atoms with Crippen molar-refractivity contribution in [1.29, 1.82) is 0 Å². The molecule has 0 aromatic carbocycles. The number of hydrogen-bond donors (Lipinski definition) is 3. The minimum atomic E-state index is 0.600. The normalized spacial score (nSPS) is 11.2. The first kappa shape index (κ1) is 14.5. The summed E-state index contributed by atoms with van der Waals surface area (Å²) >= 11 is 0. The van der Waals surface area contributed by atoms with Crippen LogP contribution in [0.25, 0.3) is 33.3 Å². The summed E-state index contributed by atoms with van der Waals surface area (Å²) < 4.78 is 0. The monoisotopic (exact) mass is 342 g/mol. The maximum Gasteiger partial charge on any atom is 0.201 e. The minimum absolute atomic E-state index is 0.600. The molecule has 0 bridgehead atoms. The Kier molecular flexibility index (Phi) is 3.31. The summed E-state index contributed by atoms with van der Waals surface area (Å²) in [5.74, 6) is 0.777. The van der Waals surface area contributed by atoms with E-state index in [1.54, 1.807) is 12.4 Å². The van der Waals surface area contributed by atoms with Gasteiger partial charge in [-0.3, -0.25) is 4.98 Å². The molecule has 0 radical (unpaired) electrons. The first-order valence-electron chi connectivity index (χ1n) is 8.15. The van der Waals surface area contributed by atoms with Gasteiger partial charge in [-0.05, 0) is 35.4 Å². The highest BCUT2D eigenvalue weighted by atomic mass is 15.3. The molecule has 0 saturated carbocycles. The molecule has 8 heteroatoms. The summed E-state index contributed by atoms with van der Waals surface area (Å²) in [6.45, 7) is 0.646. The van der Waals surface area contributed by atoms with Gasteiger partial charge >= 0.3 is 0 Å². The summed E-state index contributed by atoms with van der Waals surface area (Å²) in [5.41, 5.74) is 5.23. The molecule has 5 aromatic heterocycles. The Balaban J connectivity index is 1.56. The first-order valence-corrected chi connectivity index (χ1v) is 8.15. The quantitative estimate of drug-likeness (QED) is 0.463. The lowest BCUT2D eigenvalue weighted by atomic mass is 10.1. The van der Waals surface area contributed by atoms with Gasteiger partial charge in [0.15, 0.2) is 0 Å². The maximum absolute atomic E-state index is 4.65. The van der Waals surface area contributed by atoms with Crippen LogP contribution in [0.4, 0.5) is 5.82 Å². The summed E-state index contributed by atoms with van der Waals surface area (Å²) in [7, 11) is 0. The summed E-state index contributed by atoms with van der Waals surface area (Å²) in [4.78, 5) is 16.3. The van der Waals surface area contributed by atoms with E-state index in [0.717, 1.165) is 39.1 Å². The second kappa shape index (κ2) is 5.92. The zero-order valence-electron chi connectivity index (χ0n) is 13.6. The number of nitrogens with one attached hydrogen (secondary N) is 3. The lowest BCUT2D eigenvalue weighted by Crippen LogP contribution is -2.02. The molecule has 0 unspecified atom stereocenters. The number of fused-ring (bicyclic) bond motifs is 2. The van der Waals surface area contributed by atoms with Crippen LogP contribution in [0, 0.1) is 0 Å². The molecule has 0 fully saturated rings. The van der Waals surface area contributed by atoms with Crippen LogP contribution in [-0.2, 0) is 6.54 Å². The van der Waals surface area contributed by atoms with Crippen molar-refractivity contribution in [3.63, 3.8) is 0 Å². The zero-order valence-corrected chi connectivity index (χ0v) is 13.6. The van der Waals surface area contributed by atoms with E-state index in [4.69, 9.17) is 0 Å². The molecule has 3 N–H and O–H groups in total. The van der Waals surface area contributed by atoms with Gasteiger partial charge in [-0.2, -0.15) is 10.3 Å². The third-order valence-corrected chi connectivity index (χ3v) is 4.21. The van der Waals surface area contributed by atoms with Gasteiger partial charge in [-0.25, -0.2) is 9.97 Å². The number of hydrogen-bond acceptors (Lipinski definition) is 6. The van der Waals surface area contributed by atoms with Gasteiger partial charge in [0.25, 0.3) is 0 Å². The van der Waals surface area contributed by atoms with Crippen LogP contribution in [0.2, 0.25) is 0 Å². The van der Waals surface area contributed by atoms with Gasteiger partial charge in [0, 0.05) is 42.3 Å². The van der Waals surface area contributed by atoms with E-state index < -0.39 is 0 Å². The fourth-order valence-corrected chi connectivity index (χ4v) is 2.95. The van der Waals surface area contributed by atoms with Crippen molar-refractivity contribution in [2.75, 3.05) is 5.32 Å². The van der Waals surface area contributed by atoms with Crippen molar-refractivity contribution in [3.05, 3.63) is 60.7 Å². The maximum atomic E-state index is 4.65. The van der Waals surface area contributed by atoms with E-state index in [-0.39, 0.29) is 0 Å². The molecule has 5 rings (SSSR count). The van der Waals surface area contributed by atoms with Crippen LogP contribution in [-0.4, -0.2) is 35.3 Å². The van der Waals surface area contributed by atoms with Gasteiger partial charge in [0.1, 0.15) is 17.0 Å². The van der Waals surface area contributed by atoms with E-state index in [2.05, 4.69) is 40.7 Å². The Morgan fingerprint density at radius 3 is 3.00 bits per heavy atom. The highest BCUT2D eigenvalue weighted by Gasteiger charge is 2.11. The average Bonchev–Trinajstić information content (AvgIpc) is 3.35. The largest absolute Gasteiger partial charge is 0.366 e. The lowest BCUT2D eigenvalue weighted by molar-refractivity contribution is 0.954. The number of aromatic amines is 2. The van der Waals surface area contributed by atoms with Crippen LogP contribution < -0.4 is 5.32 Å². The molecule has 0 aliphatic carbocycles. The molecule has 0 saturated heterocycles. The number of nitrogens with zero attached hydrogens (tertiary/aromatic N) is 5. The van der Waals surface area contributed by atoms with Crippen molar-refractivity contribution in [3.8, 4) is 11.1 Å². The van der Waals surface area contributed by atoms with Crippen molar-refractivity contribution < 1.29 is 0 Å². The van der Waals surface area contributed by atoms with E-state index >= 15 is 0 Å². The Labute approximate surface area is 147 Å². The second-order valence-electron chi connectivity index (χ2n) is 5.90. The fourth-order valence-electron chi connectivity index (χ4n) is 2.95. The van der Waals surface area contributed by atoms with E-state index in [1.807, 2.05) is 42.7 Å². The number of H-pyrrole nitrogens is 2. The van der Waals surface area contributed by atoms with Gasteiger partial charge in [0.2, 0.25) is 5.65 Å². The molecule has 0 atom stereocenters. The van der Waals surface area contributed by atoms with Crippen molar-refractivity contribution in [2.45, 2.75) is 6.54 Å². The molecule has 0 aliphatic rings. The van der Waals surface area contributed by atoms with Crippen LogP contribution in [0.5, 0.6) is 0 Å². The van der Waals surface area contributed by atoms with E-state index in [9.17, 15) is 0 Å². The third kappa shape index (κ3) is 2.53. The number of pyridine rings is 3. The number of aromatic nitrogens is 7. The summed E-state index contributed by atoms with van der Waals surface area (Å²) in [6, 6.07) is 9.95. The molecule has 8 nitrogen and oxygen atoms in total. The summed E-state index contributed by atoms with van der Waals surface area (Å²) in [6.07, 6.45) is 7.28. The molecule has 26 heavy (non-hydrogen) atoms. The van der Waals surface area contributed by atoms with Crippen molar-refractivity contribution in [2.24, 2.45) is 0 Å². The predicted molar refractivity (Wildman–Crippen MR) is 98.3 cm³/mol. The van der Waals surface area contributed by atoms with Crippen LogP contribution in [0.1, 0.15) is 5.56 Å². The Bertz CT molecular complexity index is 1190. The fraction of sp³-hybridized carbons (Fsp3) is 0.0556. The van der Waals surface area contributed by atoms with E-state index in [1.165, 1.54) is 0 Å². The molecular formula is C18H14N8. The molecular weight excluding hydrogens is 328 g/mol. The molecule has 5 aromatic rings. The lowest BCUT2D eigenvalue weighted by Gasteiger charge is -2.09. The van der Waals surface area contributed by atoms with Crippen LogP contribution in [0.15, 0.2) is 55.1 Å². The molecule has 0 aliphatic heterocycles. The van der Waals surface area contributed by atoms with Gasteiger partial charge in [-0.1, -0.05) is 6.07 Å². The van der Waals surface area contributed by atoms with Crippen molar-refractivity contribution in [1.82, 2.24) is 35.3 Å². The standard InChI is InChI=1S/C18H14N8/c1-2-11(8-19-4-1)9-21-16-7-14(13-3-5-20-17(13)23-16)12-6-15-18(22-10-12)25-26-24-15/h1-8,10H,9H2,(H2,20,21,23)(H,22,24,25,26). The smallest absolute Gasteiger partial charge is 0.201 e. The van der Waals surface area contributed by atoms with Crippen LogP contribution >= 0.6 is 0 Å².